The highest BCUT2D eigenvalue weighted by atomic mass is 127. The molecule has 2 aromatic heterocycles. The third kappa shape index (κ3) is 1.96. The second kappa shape index (κ2) is 5.26. The van der Waals surface area contributed by atoms with Gasteiger partial charge in [-0.3, -0.25) is 0 Å². The number of H-pyrrole nitrogens is 1. The number of benzene rings is 1. The predicted molar refractivity (Wildman–Crippen MR) is 96.4 cm³/mol. The van der Waals surface area contributed by atoms with E-state index < -0.39 is 0 Å². The number of aromatic amines is 1. The molecule has 3 nitrogen and oxygen atoms in total. The van der Waals surface area contributed by atoms with Crippen molar-refractivity contribution >= 4 is 33.5 Å². The van der Waals surface area contributed by atoms with Crippen molar-refractivity contribution in [1.82, 2.24) is 9.97 Å². The Bertz CT molecular complexity index is 819. The van der Waals surface area contributed by atoms with Crippen LogP contribution < -0.4 is 4.74 Å². The summed E-state index contributed by atoms with van der Waals surface area (Å²) in [6.07, 6.45) is 7.65. The molecule has 1 aliphatic rings. The second-order valence-corrected chi connectivity index (χ2v) is 7.13. The number of ether oxygens (including phenoxy) is 1. The third-order valence-corrected chi connectivity index (χ3v) is 5.60. The average Bonchev–Trinajstić information content (AvgIpc) is 2.92. The van der Waals surface area contributed by atoms with E-state index in [1.54, 1.807) is 7.11 Å². The zero-order chi connectivity index (χ0) is 15.2. The summed E-state index contributed by atoms with van der Waals surface area (Å²) in [5.74, 6) is 0.667. The molecule has 0 atom stereocenters. The number of fused-ring (bicyclic) bond motifs is 1. The van der Waals surface area contributed by atoms with Crippen LogP contribution in [-0.2, 0) is 5.41 Å². The number of rotatable bonds is 3. The van der Waals surface area contributed by atoms with Gasteiger partial charge in [-0.2, -0.15) is 0 Å². The minimum absolute atomic E-state index is 0.134. The van der Waals surface area contributed by atoms with E-state index >= 15 is 0 Å². The Hall–Kier alpha value is -1.56. The van der Waals surface area contributed by atoms with Gasteiger partial charge in [0.1, 0.15) is 5.52 Å². The molecule has 112 valence electrons. The van der Waals surface area contributed by atoms with Gasteiger partial charge in [-0.1, -0.05) is 18.6 Å². The van der Waals surface area contributed by atoms with E-state index in [0.29, 0.717) is 5.88 Å². The number of halogens is 1. The van der Waals surface area contributed by atoms with E-state index in [2.05, 4.69) is 69.1 Å². The molecule has 4 heteroatoms. The highest BCUT2D eigenvalue weighted by Gasteiger charge is 2.42. The van der Waals surface area contributed by atoms with Gasteiger partial charge in [-0.25, -0.2) is 4.98 Å². The highest BCUT2D eigenvalue weighted by Crippen LogP contribution is 2.51. The molecular weight excluding hydrogens is 387 g/mol. The smallest absolute Gasteiger partial charge is 0.238 e. The Morgan fingerprint density at radius 3 is 2.59 bits per heavy atom. The van der Waals surface area contributed by atoms with Crippen molar-refractivity contribution in [3.8, 4) is 5.88 Å². The molecule has 2 heterocycles. The maximum atomic E-state index is 5.38. The minimum Gasteiger partial charge on any atom is -0.479 e. The van der Waals surface area contributed by atoms with Crippen LogP contribution in [0.4, 0.5) is 0 Å². The van der Waals surface area contributed by atoms with Gasteiger partial charge in [0.2, 0.25) is 5.88 Å². The fourth-order valence-corrected chi connectivity index (χ4v) is 3.95. The Kier molecular flexibility index (Phi) is 3.36. The maximum Gasteiger partial charge on any atom is 0.238 e. The van der Waals surface area contributed by atoms with Crippen molar-refractivity contribution in [3.63, 3.8) is 0 Å². The number of nitrogens with one attached hydrogen (secondary N) is 1. The molecule has 0 radical (unpaired) electrons. The van der Waals surface area contributed by atoms with E-state index in [4.69, 9.17) is 4.74 Å². The standard InChI is InChI=1S/C18H17IN2O/c1-22-17-16-14(7-10-20-17)15(11-21-16)18(8-2-9-18)12-3-5-13(19)6-4-12/h3-7,10-11,21H,2,8-9H2,1H3. The minimum atomic E-state index is 0.134. The van der Waals surface area contributed by atoms with Crippen molar-refractivity contribution in [2.24, 2.45) is 0 Å². The van der Waals surface area contributed by atoms with Gasteiger partial charge in [0.25, 0.3) is 0 Å². The molecule has 0 bridgehead atoms. The first-order chi connectivity index (χ1) is 10.7. The Morgan fingerprint density at radius 2 is 1.95 bits per heavy atom. The molecule has 22 heavy (non-hydrogen) atoms. The van der Waals surface area contributed by atoms with Crippen molar-refractivity contribution in [2.75, 3.05) is 7.11 Å². The summed E-state index contributed by atoms with van der Waals surface area (Å²) in [7, 11) is 1.67. The van der Waals surface area contributed by atoms with Gasteiger partial charge in [-0.05, 0) is 64.8 Å². The number of pyridine rings is 1. The lowest BCUT2D eigenvalue weighted by molar-refractivity contribution is 0.304. The lowest BCUT2D eigenvalue weighted by Crippen LogP contribution is -2.35. The molecule has 0 amide bonds. The number of nitrogens with zero attached hydrogens (tertiary/aromatic N) is 1. The van der Waals surface area contributed by atoms with Crippen LogP contribution in [0.25, 0.3) is 10.9 Å². The highest BCUT2D eigenvalue weighted by molar-refractivity contribution is 14.1. The number of aromatic nitrogens is 2. The van der Waals surface area contributed by atoms with E-state index in [0.717, 1.165) is 5.52 Å². The van der Waals surface area contributed by atoms with Crippen molar-refractivity contribution in [3.05, 3.63) is 57.4 Å². The van der Waals surface area contributed by atoms with Crippen molar-refractivity contribution in [1.29, 1.82) is 0 Å². The van der Waals surface area contributed by atoms with E-state index in [1.165, 1.54) is 39.3 Å². The van der Waals surface area contributed by atoms with E-state index in [9.17, 15) is 0 Å². The van der Waals surface area contributed by atoms with Gasteiger partial charge in [0.15, 0.2) is 0 Å². The maximum absolute atomic E-state index is 5.38. The fraction of sp³-hybridized carbons (Fsp3) is 0.278. The van der Waals surface area contributed by atoms with Crippen LogP contribution >= 0.6 is 22.6 Å². The molecule has 1 saturated carbocycles. The molecule has 0 spiro atoms. The van der Waals surface area contributed by atoms with Crippen LogP contribution in [0.3, 0.4) is 0 Å². The Labute approximate surface area is 143 Å². The summed E-state index contributed by atoms with van der Waals surface area (Å²) >= 11 is 2.36. The predicted octanol–water partition coefficient (Wildman–Crippen LogP) is 4.65. The van der Waals surface area contributed by atoms with E-state index in [1.807, 2.05) is 6.20 Å². The zero-order valence-electron chi connectivity index (χ0n) is 12.4. The normalized spacial score (nSPS) is 16.5. The largest absolute Gasteiger partial charge is 0.479 e. The molecule has 0 unspecified atom stereocenters. The monoisotopic (exact) mass is 404 g/mol. The van der Waals surface area contributed by atoms with Gasteiger partial charge in [0.05, 0.1) is 7.11 Å². The summed E-state index contributed by atoms with van der Waals surface area (Å²) in [6, 6.07) is 11.0. The SMILES string of the molecule is COc1nccc2c(C3(c4ccc(I)cc4)CCC3)c[nH]c12. The van der Waals surface area contributed by atoms with Gasteiger partial charge >= 0.3 is 0 Å². The van der Waals surface area contributed by atoms with Crippen LogP contribution in [0.2, 0.25) is 0 Å². The summed E-state index contributed by atoms with van der Waals surface area (Å²) < 4.78 is 6.66. The molecule has 0 aliphatic heterocycles. The number of hydrogen-bond acceptors (Lipinski definition) is 2. The van der Waals surface area contributed by atoms with Crippen LogP contribution in [0.15, 0.2) is 42.7 Å². The van der Waals surface area contributed by atoms with Crippen LogP contribution in [0.5, 0.6) is 5.88 Å². The van der Waals surface area contributed by atoms with Gasteiger partial charge < -0.3 is 9.72 Å². The van der Waals surface area contributed by atoms with Crippen molar-refractivity contribution in [2.45, 2.75) is 24.7 Å². The Balaban J connectivity index is 1.90. The lowest BCUT2D eigenvalue weighted by atomic mass is 9.60. The quantitative estimate of drug-likeness (QED) is 0.646. The molecule has 1 aromatic carbocycles. The number of methoxy groups -OCH3 is 1. The van der Waals surface area contributed by atoms with Gasteiger partial charge in [0, 0.05) is 26.8 Å². The first-order valence-corrected chi connectivity index (χ1v) is 8.59. The molecule has 3 aromatic rings. The zero-order valence-corrected chi connectivity index (χ0v) is 14.6. The topological polar surface area (TPSA) is 37.9 Å². The summed E-state index contributed by atoms with van der Waals surface area (Å²) in [5, 5.41) is 1.23. The van der Waals surface area contributed by atoms with Crippen LogP contribution in [-0.4, -0.2) is 17.1 Å². The fourth-order valence-electron chi connectivity index (χ4n) is 3.59. The van der Waals surface area contributed by atoms with Crippen LogP contribution in [0, 0.1) is 3.57 Å². The van der Waals surface area contributed by atoms with E-state index in [-0.39, 0.29) is 5.41 Å². The third-order valence-electron chi connectivity index (χ3n) is 4.88. The molecule has 4 rings (SSSR count). The number of hydrogen-bond donors (Lipinski definition) is 1. The summed E-state index contributed by atoms with van der Waals surface area (Å²) in [5.41, 5.74) is 3.91. The summed E-state index contributed by atoms with van der Waals surface area (Å²) in [4.78, 5) is 7.67. The van der Waals surface area contributed by atoms with Crippen molar-refractivity contribution < 1.29 is 4.74 Å². The lowest BCUT2D eigenvalue weighted by Gasteiger charge is -2.42. The van der Waals surface area contributed by atoms with Crippen LogP contribution in [0.1, 0.15) is 30.4 Å². The molecule has 1 N–H and O–H groups in total. The average molecular weight is 404 g/mol. The molecule has 0 saturated heterocycles. The molecule has 1 aliphatic carbocycles. The van der Waals surface area contributed by atoms with Gasteiger partial charge in [-0.15, -0.1) is 0 Å². The first kappa shape index (κ1) is 14.1. The first-order valence-electron chi connectivity index (χ1n) is 7.51. The molecule has 1 fully saturated rings. The second-order valence-electron chi connectivity index (χ2n) is 5.89. The Morgan fingerprint density at radius 1 is 1.18 bits per heavy atom. The molecular formula is C18H17IN2O. The summed E-state index contributed by atoms with van der Waals surface area (Å²) in [6.45, 7) is 0.